The van der Waals surface area contributed by atoms with Gasteiger partial charge in [0.1, 0.15) is 5.82 Å². The molecule has 0 N–H and O–H groups in total. The largest absolute Gasteiger partial charge is 0.207 e. The van der Waals surface area contributed by atoms with E-state index in [2.05, 4.69) is 6.92 Å². The highest BCUT2D eigenvalue weighted by atomic mass is 35.5. The van der Waals surface area contributed by atoms with Gasteiger partial charge >= 0.3 is 0 Å². The van der Waals surface area contributed by atoms with Crippen LogP contribution in [0, 0.1) is 28.5 Å². The molecule has 3 atom stereocenters. The van der Waals surface area contributed by atoms with Crippen LogP contribution in [0.4, 0.5) is 4.39 Å². The molecule has 0 saturated heterocycles. The van der Waals surface area contributed by atoms with Gasteiger partial charge in [-0.15, -0.1) is 11.6 Å². The molecule has 4 saturated carbocycles. The van der Waals surface area contributed by atoms with Crippen LogP contribution in [0.15, 0.2) is 24.3 Å². The zero-order valence-corrected chi connectivity index (χ0v) is 13.5. The van der Waals surface area contributed by atoms with Crippen LogP contribution in [0.5, 0.6) is 0 Å². The summed E-state index contributed by atoms with van der Waals surface area (Å²) >= 11 is 6.94. The third kappa shape index (κ3) is 2.42. The summed E-state index contributed by atoms with van der Waals surface area (Å²) in [6.07, 6.45) is 9.14. The van der Waals surface area contributed by atoms with Gasteiger partial charge in [-0.2, -0.15) is 0 Å². The van der Waals surface area contributed by atoms with Gasteiger partial charge in [0.2, 0.25) is 0 Å². The van der Waals surface area contributed by atoms with Crippen molar-refractivity contribution in [1.29, 1.82) is 0 Å². The van der Waals surface area contributed by atoms with E-state index in [9.17, 15) is 4.39 Å². The molecule has 4 aliphatic carbocycles. The van der Waals surface area contributed by atoms with Crippen molar-refractivity contribution in [2.24, 2.45) is 22.7 Å². The van der Waals surface area contributed by atoms with E-state index in [4.69, 9.17) is 11.6 Å². The Bertz CT molecular complexity index is 521. The van der Waals surface area contributed by atoms with E-state index in [-0.39, 0.29) is 11.2 Å². The second-order valence-electron chi connectivity index (χ2n) is 8.43. The summed E-state index contributed by atoms with van der Waals surface area (Å²) in [6.45, 7) is 2.49. The molecule has 4 aliphatic rings. The quantitative estimate of drug-likeness (QED) is 0.639. The molecule has 0 spiro atoms. The number of halogens is 2. The molecule has 3 unspecified atom stereocenters. The zero-order valence-electron chi connectivity index (χ0n) is 12.7. The predicted molar refractivity (Wildman–Crippen MR) is 85.0 cm³/mol. The van der Waals surface area contributed by atoms with Gasteiger partial charge in [-0.1, -0.05) is 19.1 Å². The molecular formula is C19H24ClF. The molecule has 2 heteroatoms. The lowest BCUT2D eigenvalue weighted by Gasteiger charge is -2.62. The monoisotopic (exact) mass is 306 g/mol. The Kier molecular flexibility index (Phi) is 3.16. The molecule has 5 rings (SSSR count). The maximum Gasteiger partial charge on any atom is 0.123 e. The molecule has 0 heterocycles. The normalized spacial score (nSPS) is 42.2. The summed E-state index contributed by atoms with van der Waals surface area (Å²) in [5, 5.41) is 0.202. The van der Waals surface area contributed by atoms with E-state index in [0.29, 0.717) is 10.8 Å². The van der Waals surface area contributed by atoms with Crippen LogP contribution in [-0.4, -0.2) is 5.38 Å². The van der Waals surface area contributed by atoms with E-state index >= 15 is 0 Å². The van der Waals surface area contributed by atoms with Crippen molar-refractivity contribution < 1.29 is 4.39 Å². The second-order valence-corrected chi connectivity index (χ2v) is 8.96. The lowest BCUT2D eigenvalue weighted by atomic mass is 9.44. The third-order valence-corrected chi connectivity index (χ3v) is 7.01. The Labute approximate surface area is 132 Å². The molecule has 0 radical (unpaired) electrons. The molecule has 1 aromatic carbocycles. The number of hydrogen-bond acceptors (Lipinski definition) is 0. The second kappa shape index (κ2) is 4.72. The highest BCUT2D eigenvalue weighted by Crippen LogP contribution is 2.67. The Morgan fingerprint density at radius 3 is 2.33 bits per heavy atom. The highest BCUT2D eigenvalue weighted by molar-refractivity contribution is 6.21. The van der Waals surface area contributed by atoms with Gasteiger partial charge in [-0.05, 0) is 85.3 Å². The average Bonchev–Trinajstić information content (AvgIpc) is 2.38. The number of alkyl halides is 1. The van der Waals surface area contributed by atoms with Gasteiger partial charge < -0.3 is 0 Å². The third-order valence-electron chi connectivity index (χ3n) is 6.39. The maximum absolute atomic E-state index is 13.1. The molecular weight excluding hydrogens is 283 g/mol. The highest BCUT2D eigenvalue weighted by Gasteiger charge is 2.57. The number of rotatable bonds is 3. The molecule has 114 valence electrons. The van der Waals surface area contributed by atoms with Crippen molar-refractivity contribution in [2.75, 3.05) is 0 Å². The van der Waals surface area contributed by atoms with Crippen LogP contribution in [0.3, 0.4) is 0 Å². The van der Waals surface area contributed by atoms with Crippen LogP contribution in [-0.2, 0) is 6.42 Å². The lowest BCUT2D eigenvalue weighted by Crippen LogP contribution is -2.54. The minimum absolute atomic E-state index is 0.160. The average molecular weight is 307 g/mol. The fourth-order valence-corrected chi connectivity index (χ4v) is 6.64. The molecule has 1 aromatic rings. The van der Waals surface area contributed by atoms with E-state index in [1.54, 1.807) is 12.1 Å². The van der Waals surface area contributed by atoms with Crippen LogP contribution in [0.25, 0.3) is 0 Å². The van der Waals surface area contributed by atoms with E-state index in [1.807, 2.05) is 12.1 Å². The fourth-order valence-electron chi connectivity index (χ4n) is 6.21. The summed E-state index contributed by atoms with van der Waals surface area (Å²) in [5.41, 5.74) is 2.06. The van der Waals surface area contributed by atoms with Crippen molar-refractivity contribution in [3.8, 4) is 0 Å². The molecule has 0 amide bonds. The van der Waals surface area contributed by atoms with Crippen LogP contribution >= 0.6 is 11.6 Å². The zero-order chi connectivity index (χ0) is 14.7. The van der Waals surface area contributed by atoms with Gasteiger partial charge in [0, 0.05) is 5.38 Å². The SMILES string of the molecule is CC12CC3CC(C1)CC(C(Cl)Cc1ccc(F)cc1)(C3)C2. The first-order chi connectivity index (χ1) is 9.96. The summed E-state index contributed by atoms with van der Waals surface area (Å²) in [5.74, 6) is 1.66. The molecule has 4 fully saturated rings. The standard InChI is InChI=1S/C19H24ClF/c1-18-8-14-6-15(9-18)11-19(10-14,12-18)17(20)7-13-2-4-16(21)5-3-13/h2-5,14-15,17H,6-12H2,1H3. The minimum Gasteiger partial charge on any atom is -0.207 e. The molecule has 0 aliphatic heterocycles. The number of hydrogen-bond donors (Lipinski definition) is 0. The molecule has 0 nitrogen and oxygen atoms in total. The van der Waals surface area contributed by atoms with Gasteiger partial charge in [0.05, 0.1) is 0 Å². The summed E-state index contributed by atoms with van der Waals surface area (Å²) in [7, 11) is 0. The van der Waals surface area contributed by atoms with Gasteiger partial charge in [-0.3, -0.25) is 0 Å². The minimum atomic E-state index is -0.160. The lowest BCUT2D eigenvalue weighted by molar-refractivity contribution is -0.103. The molecule has 21 heavy (non-hydrogen) atoms. The fraction of sp³-hybridized carbons (Fsp3) is 0.684. The topological polar surface area (TPSA) is 0 Å². The first-order valence-corrected chi connectivity index (χ1v) is 8.79. The van der Waals surface area contributed by atoms with E-state index in [0.717, 1.165) is 18.3 Å². The smallest absolute Gasteiger partial charge is 0.123 e. The molecule has 0 aromatic heterocycles. The van der Waals surface area contributed by atoms with Crippen LogP contribution in [0.2, 0.25) is 0 Å². The van der Waals surface area contributed by atoms with Crippen LogP contribution in [0.1, 0.15) is 51.0 Å². The van der Waals surface area contributed by atoms with Crippen molar-refractivity contribution in [3.63, 3.8) is 0 Å². The summed E-state index contributed by atoms with van der Waals surface area (Å²) in [4.78, 5) is 0. The van der Waals surface area contributed by atoms with Crippen molar-refractivity contribution in [1.82, 2.24) is 0 Å². The number of benzene rings is 1. The van der Waals surface area contributed by atoms with Crippen LogP contribution < -0.4 is 0 Å². The Morgan fingerprint density at radius 1 is 1.14 bits per heavy atom. The van der Waals surface area contributed by atoms with Crippen molar-refractivity contribution in [2.45, 2.75) is 57.2 Å². The summed E-state index contributed by atoms with van der Waals surface area (Å²) < 4.78 is 13.1. The van der Waals surface area contributed by atoms with Gasteiger partial charge in [0.25, 0.3) is 0 Å². The van der Waals surface area contributed by atoms with Gasteiger partial charge in [0.15, 0.2) is 0 Å². The maximum atomic E-state index is 13.1. The van der Waals surface area contributed by atoms with Crippen molar-refractivity contribution >= 4 is 11.6 Å². The first-order valence-electron chi connectivity index (χ1n) is 8.35. The molecule has 4 bridgehead atoms. The predicted octanol–water partition coefficient (Wildman–Crippen LogP) is 5.58. The van der Waals surface area contributed by atoms with E-state index in [1.165, 1.54) is 44.1 Å². The Balaban J connectivity index is 1.56. The Hall–Kier alpha value is -0.560. The first kappa shape index (κ1) is 14.1. The van der Waals surface area contributed by atoms with Crippen molar-refractivity contribution in [3.05, 3.63) is 35.6 Å². The van der Waals surface area contributed by atoms with Gasteiger partial charge in [-0.25, -0.2) is 4.39 Å². The van der Waals surface area contributed by atoms with E-state index < -0.39 is 0 Å². The summed E-state index contributed by atoms with van der Waals surface area (Å²) in [6, 6.07) is 6.90. The Morgan fingerprint density at radius 2 is 1.76 bits per heavy atom.